The number of hydrogen-bond acceptors (Lipinski definition) is 3. The molecule has 0 saturated heterocycles. The molecule has 0 bridgehead atoms. The minimum absolute atomic E-state index is 0.133. The molecule has 2 N–H and O–H groups in total. The van der Waals surface area contributed by atoms with Crippen LogP contribution in [0.3, 0.4) is 0 Å². The van der Waals surface area contributed by atoms with Gasteiger partial charge in [0, 0.05) is 13.2 Å². The number of alkyl halides is 3. The highest BCUT2D eigenvalue weighted by Crippen LogP contribution is 2.22. The Morgan fingerprint density at radius 1 is 1.15 bits per heavy atom. The summed E-state index contributed by atoms with van der Waals surface area (Å²) in [7, 11) is 0. The Balaban J connectivity index is 4.18. The minimum atomic E-state index is -4.49. The van der Waals surface area contributed by atoms with Crippen LogP contribution in [0.1, 0.15) is 13.8 Å². The lowest BCUT2D eigenvalue weighted by Crippen LogP contribution is -2.49. The molecule has 80 valence electrons. The van der Waals surface area contributed by atoms with Gasteiger partial charge >= 0.3 is 6.18 Å². The topological polar surface area (TPSA) is 44.5 Å². The van der Waals surface area contributed by atoms with Crippen molar-refractivity contribution in [3.63, 3.8) is 0 Å². The molecule has 0 heterocycles. The third kappa shape index (κ3) is 4.44. The smallest absolute Gasteiger partial charge is 0.351 e. The summed E-state index contributed by atoms with van der Waals surface area (Å²) in [5.41, 5.74) is 4.89. The van der Waals surface area contributed by atoms with E-state index < -0.39 is 18.5 Å². The summed E-state index contributed by atoms with van der Waals surface area (Å²) in [6, 6.07) is -2.09. The molecule has 0 aliphatic rings. The lowest BCUT2D eigenvalue weighted by molar-refractivity contribution is -0.233. The summed E-state index contributed by atoms with van der Waals surface area (Å²) in [4.78, 5) is 0. The molecule has 13 heavy (non-hydrogen) atoms. The van der Waals surface area contributed by atoms with Crippen LogP contribution < -0.4 is 5.73 Å². The van der Waals surface area contributed by atoms with E-state index in [1.165, 1.54) is 0 Å². The predicted octanol–water partition coefficient (Wildman–Crippen LogP) is 1.28. The van der Waals surface area contributed by atoms with Gasteiger partial charge in [0.25, 0.3) is 0 Å². The van der Waals surface area contributed by atoms with Gasteiger partial charge in [0.15, 0.2) is 12.3 Å². The second-order valence-corrected chi connectivity index (χ2v) is 2.35. The Kier molecular flexibility index (Phi) is 5.27. The quantitative estimate of drug-likeness (QED) is 0.681. The van der Waals surface area contributed by atoms with Crippen molar-refractivity contribution in [1.82, 2.24) is 0 Å². The van der Waals surface area contributed by atoms with E-state index in [1.54, 1.807) is 13.8 Å². The summed E-state index contributed by atoms with van der Waals surface area (Å²) in [5, 5.41) is 0. The van der Waals surface area contributed by atoms with Crippen molar-refractivity contribution in [2.24, 2.45) is 5.73 Å². The van der Waals surface area contributed by atoms with Gasteiger partial charge in [-0.1, -0.05) is 0 Å². The van der Waals surface area contributed by atoms with E-state index in [2.05, 4.69) is 0 Å². The van der Waals surface area contributed by atoms with E-state index in [0.717, 1.165) is 0 Å². The van der Waals surface area contributed by atoms with Crippen LogP contribution in [0.2, 0.25) is 0 Å². The molecule has 0 rings (SSSR count). The molecule has 6 heteroatoms. The maximum absolute atomic E-state index is 12.1. The first kappa shape index (κ1) is 12.7. The van der Waals surface area contributed by atoms with Gasteiger partial charge in [0.1, 0.15) is 0 Å². The minimum Gasteiger partial charge on any atom is -0.351 e. The van der Waals surface area contributed by atoms with Crippen LogP contribution in [0.15, 0.2) is 0 Å². The lowest BCUT2D eigenvalue weighted by atomic mass is 10.3. The zero-order valence-electron chi connectivity index (χ0n) is 7.60. The molecule has 0 amide bonds. The number of hydrogen-bond donors (Lipinski definition) is 1. The Morgan fingerprint density at radius 3 is 1.77 bits per heavy atom. The average Bonchev–Trinajstić information content (AvgIpc) is 2.01. The maximum atomic E-state index is 12.1. The van der Waals surface area contributed by atoms with E-state index in [4.69, 9.17) is 15.2 Å². The molecule has 0 saturated carbocycles. The third-order valence-electron chi connectivity index (χ3n) is 1.33. The van der Waals surface area contributed by atoms with Gasteiger partial charge in [0.2, 0.25) is 0 Å². The Bertz CT molecular complexity index is 134. The predicted molar refractivity (Wildman–Crippen MR) is 41.1 cm³/mol. The van der Waals surface area contributed by atoms with Crippen molar-refractivity contribution in [3.05, 3.63) is 0 Å². The first-order valence-electron chi connectivity index (χ1n) is 3.99. The van der Waals surface area contributed by atoms with Crippen LogP contribution in [0.4, 0.5) is 13.2 Å². The van der Waals surface area contributed by atoms with Gasteiger partial charge < -0.3 is 15.2 Å². The molecule has 0 spiro atoms. The van der Waals surface area contributed by atoms with Crippen molar-refractivity contribution in [3.8, 4) is 0 Å². The summed E-state index contributed by atoms with van der Waals surface area (Å²) >= 11 is 0. The van der Waals surface area contributed by atoms with Crippen molar-refractivity contribution in [1.29, 1.82) is 0 Å². The van der Waals surface area contributed by atoms with E-state index in [9.17, 15) is 13.2 Å². The number of rotatable bonds is 5. The molecule has 0 fully saturated rings. The van der Waals surface area contributed by atoms with Gasteiger partial charge in [0.05, 0.1) is 0 Å². The van der Waals surface area contributed by atoms with Crippen LogP contribution >= 0.6 is 0 Å². The van der Waals surface area contributed by atoms with Gasteiger partial charge in [-0.2, -0.15) is 13.2 Å². The molecule has 0 aromatic rings. The largest absolute Gasteiger partial charge is 0.408 e. The summed E-state index contributed by atoms with van der Waals surface area (Å²) in [5.74, 6) is 0. The number of halogens is 3. The van der Waals surface area contributed by atoms with Crippen LogP contribution in [-0.2, 0) is 9.47 Å². The molecule has 3 nitrogen and oxygen atoms in total. The summed E-state index contributed by atoms with van der Waals surface area (Å²) < 4.78 is 45.6. The molecule has 0 aromatic carbocycles. The third-order valence-corrected chi connectivity index (χ3v) is 1.33. The Labute approximate surface area is 75.0 Å². The van der Waals surface area contributed by atoms with E-state index >= 15 is 0 Å². The maximum Gasteiger partial charge on any atom is 0.408 e. The second kappa shape index (κ2) is 5.41. The first-order valence-corrected chi connectivity index (χ1v) is 3.99. The van der Waals surface area contributed by atoms with Gasteiger partial charge in [-0.15, -0.1) is 0 Å². The van der Waals surface area contributed by atoms with Gasteiger partial charge in [-0.3, -0.25) is 0 Å². The fourth-order valence-corrected chi connectivity index (χ4v) is 0.738. The van der Waals surface area contributed by atoms with Gasteiger partial charge in [-0.25, -0.2) is 0 Å². The molecule has 0 aromatic heterocycles. The van der Waals surface area contributed by atoms with E-state index in [0.29, 0.717) is 0 Å². The fraction of sp³-hybridized carbons (Fsp3) is 1.00. The zero-order valence-corrected chi connectivity index (χ0v) is 7.60. The van der Waals surface area contributed by atoms with Gasteiger partial charge in [-0.05, 0) is 13.8 Å². The van der Waals surface area contributed by atoms with Crippen molar-refractivity contribution >= 4 is 0 Å². The van der Waals surface area contributed by atoms with Crippen molar-refractivity contribution in [2.75, 3.05) is 13.2 Å². The normalized spacial score (nSPS) is 15.0. The van der Waals surface area contributed by atoms with Crippen molar-refractivity contribution in [2.45, 2.75) is 32.4 Å². The number of nitrogens with two attached hydrogens (primary N) is 1. The molecule has 1 atom stereocenters. The lowest BCUT2D eigenvalue weighted by Gasteiger charge is -2.25. The SMILES string of the molecule is CCOC(OCC)C(N)C(F)(F)F. The standard InChI is InChI=1S/C7H14F3NO2/c1-3-12-6(13-4-2)5(11)7(8,9)10/h5-6H,3-4,11H2,1-2H3. The monoisotopic (exact) mass is 201 g/mol. The van der Waals surface area contributed by atoms with E-state index in [1.807, 2.05) is 0 Å². The van der Waals surface area contributed by atoms with Crippen molar-refractivity contribution < 1.29 is 22.6 Å². The zero-order chi connectivity index (χ0) is 10.5. The molecular weight excluding hydrogens is 187 g/mol. The highest BCUT2D eigenvalue weighted by molar-refractivity contribution is 4.74. The summed E-state index contributed by atoms with van der Waals surface area (Å²) in [6.07, 6.45) is -5.90. The van der Waals surface area contributed by atoms with Crippen LogP contribution in [0.5, 0.6) is 0 Å². The van der Waals surface area contributed by atoms with Crippen LogP contribution in [0, 0.1) is 0 Å². The summed E-state index contributed by atoms with van der Waals surface area (Å²) in [6.45, 7) is 3.42. The second-order valence-electron chi connectivity index (χ2n) is 2.35. The van der Waals surface area contributed by atoms with Crippen LogP contribution in [-0.4, -0.2) is 31.7 Å². The highest BCUT2D eigenvalue weighted by Gasteiger charge is 2.43. The average molecular weight is 201 g/mol. The van der Waals surface area contributed by atoms with E-state index in [-0.39, 0.29) is 13.2 Å². The Morgan fingerprint density at radius 2 is 1.54 bits per heavy atom. The molecule has 1 unspecified atom stereocenters. The number of ether oxygens (including phenoxy) is 2. The first-order chi connectivity index (χ1) is 5.93. The molecule has 0 aliphatic carbocycles. The van der Waals surface area contributed by atoms with Crippen LogP contribution in [0.25, 0.3) is 0 Å². The molecule has 0 radical (unpaired) electrons. The molecular formula is C7H14F3NO2. The Hall–Kier alpha value is -0.330. The fourth-order valence-electron chi connectivity index (χ4n) is 0.738. The molecule has 0 aliphatic heterocycles. The highest BCUT2D eigenvalue weighted by atomic mass is 19.4.